The highest BCUT2D eigenvalue weighted by Crippen LogP contribution is 2.22. The fourth-order valence-electron chi connectivity index (χ4n) is 2.86. The van der Waals surface area contributed by atoms with Crippen molar-refractivity contribution in [1.82, 2.24) is 9.99 Å². The Morgan fingerprint density at radius 3 is 2.48 bits per heavy atom. The Kier molecular flexibility index (Phi) is 6.23. The molecular formula is C21H18BrFN4O2. The zero-order valence-electron chi connectivity index (χ0n) is 15.7. The van der Waals surface area contributed by atoms with Gasteiger partial charge in [0.2, 0.25) is 0 Å². The van der Waals surface area contributed by atoms with E-state index < -0.39 is 17.6 Å². The van der Waals surface area contributed by atoms with E-state index in [-0.39, 0.29) is 0 Å². The number of carbonyl (C=O) groups is 2. The highest BCUT2D eigenvalue weighted by molar-refractivity contribution is 9.10. The highest BCUT2D eigenvalue weighted by atomic mass is 79.9. The molecule has 6 nitrogen and oxygen atoms in total. The zero-order valence-corrected chi connectivity index (χ0v) is 17.3. The van der Waals surface area contributed by atoms with E-state index in [1.807, 2.05) is 44.2 Å². The van der Waals surface area contributed by atoms with E-state index >= 15 is 0 Å². The van der Waals surface area contributed by atoms with E-state index in [9.17, 15) is 14.0 Å². The Bertz CT molecular complexity index is 1090. The highest BCUT2D eigenvalue weighted by Gasteiger charge is 2.13. The minimum Gasteiger partial charge on any atom is -0.318 e. The molecule has 0 atom stereocenters. The number of aromatic nitrogens is 1. The van der Waals surface area contributed by atoms with Crippen LogP contribution in [0.25, 0.3) is 5.69 Å². The molecule has 2 aromatic carbocycles. The van der Waals surface area contributed by atoms with Crippen LogP contribution in [0.3, 0.4) is 0 Å². The lowest BCUT2D eigenvalue weighted by molar-refractivity contribution is -0.136. The Labute approximate surface area is 175 Å². The number of benzene rings is 2. The first kappa shape index (κ1) is 20.5. The summed E-state index contributed by atoms with van der Waals surface area (Å²) in [5.41, 5.74) is 6.25. The number of nitrogens with zero attached hydrogens (tertiary/aromatic N) is 2. The van der Waals surface area contributed by atoms with E-state index in [1.54, 1.807) is 0 Å². The lowest BCUT2D eigenvalue weighted by Crippen LogP contribution is -2.32. The number of hydrazone groups is 1. The van der Waals surface area contributed by atoms with Crippen molar-refractivity contribution in [2.45, 2.75) is 13.8 Å². The SMILES string of the molecule is Cc1cc(/C=N\NC(=O)C(=O)Nc2ccc(F)cc2)c(C)n1-c1cccc(Br)c1. The molecule has 1 aromatic heterocycles. The molecule has 0 unspecified atom stereocenters. The van der Waals surface area contributed by atoms with Crippen molar-refractivity contribution >= 4 is 39.6 Å². The average molecular weight is 457 g/mol. The number of amides is 2. The maximum absolute atomic E-state index is 12.9. The summed E-state index contributed by atoms with van der Waals surface area (Å²) in [6.45, 7) is 3.91. The van der Waals surface area contributed by atoms with Crippen molar-refractivity contribution < 1.29 is 14.0 Å². The van der Waals surface area contributed by atoms with Crippen molar-refractivity contribution in [2.24, 2.45) is 5.10 Å². The summed E-state index contributed by atoms with van der Waals surface area (Å²) in [6.07, 6.45) is 1.49. The molecule has 1 heterocycles. The van der Waals surface area contributed by atoms with Crippen molar-refractivity contribution in [3.05, 3.63) is 81.8 Å². The third kappa shape index (κ3) is 4.97. The maximum Gasteiger partial charge on any atom is 0.329 e. The second-order valence-corrected chi connectivity index (χ2v) is 7.22. The molecular weight excluding hydrogens is 439 g/mol. The summed E-state index contributed by atoms with van der Waals surface area (Å²) >= 11 is 3.47. The fraction of sp³-hybridized carbons (Fsp3) is 0.0952. The number of halogens is 2. The molecule has 0 saturated heterocycles. The van der Waals surface area contributed by atoms with E-state index in [2.05, 4.69) is 36.3 Å². The summed E-state index contributed by atoms with van der Waals surface area (Å²) < 4.78 is 15.9. The number of rotatable bonds is 4. The summed E-state index contributed by atoms with van der Waals surface area (Å²) in [4.78, 5) is 23.8. The maximum atomic E-state index is 12.9. The summed E-state index contributed by atoms with van der Waals surface area (Å²) in [5.74, 6) is -2.25. The summed E-state index contributed by atoms with van der Waals surface area (Å²) in [6, 6.07) is 14.9. The largest absolute Gasteiger partial charge is 0.329 e. The van der Waals surface area contributed by atoms with Crippen LogP contribution in [0.2, 0.25) is 0 Å². The number of hydrogen-bond donors (Lipinski definition) is 2. The number of nitrogens with one attached hydrogen (secondary N) is 2. The topological polar surface area (TPSA) is 75.5 Å². The van der Waals surface area contributed by atoms with Crippen molar-refractivity contribution in [3.63, 3.8) is 0 Å². The Hall–Kier alpha value is -3.26. The number of carbonyl (C=O) groups excluding carboxylic acids is 2. The van der Waals surface area contributed by atoms with Crippen molar-refractivity contribution in [1.29, 1.82) is 0 Å². The van der Waals surface area contributed by atoms with Crippen LogP contribution < -0.4 is 10.7 Å². The van der Waals surface area contributed by atoms with Crippen LogP contribution in [0, 0.1) is 19.7 Å². The lowest BCUT2D eigenvalue weighted by atomic mass is 10.2. The van der Waals surface area contributed by atoms with Gasteiger partial charge in [-0.3, -0.25) is 9.59 Å². The minimum atomic E-state index is -0.925. The summed E-state index contributed by atoms with van der Waals surface area (Å²) in [7, 11) is 0. The Morgan fingerprint density at radius 1 is 1.07 bits per heavy atom. The molecule has 2 amide bonds. The molecule has 0 saturated carbocycles. The van der Waals surface area contributed by atoms with Crippen LogP contribution in [0.15, 0.2) is 64.2 Å². The molecule has 0 aliphatic carbocycles. The molecule has 0 radical (unpaired) electrons. The van der Waals surface area contributed by atoms with Crippen molar-refractivity contribution in [3.8, 4) is 5.69 Å². The molecule has 3 rings (SSSR count). The van der Waals surface area contributed by atoms with Gasteiger partial charge in [-0.05, 0) is 62.4 Å². The van der Waals surface area contributed by atoms with Crippen LogP contribution in [-0.4, -0.2) is 22.6 Å². The standard InChI is InChI=1S/C21H18BrFN4O2/c1-13-10-15(14(2)27(13)19-5-3-4-16(22)11-19)12-24-26-21(29)20(28)25-18-8-6-17(23)7-9-18/h3-12H,1-2H3,(H,25,28)(H,26,29)/b24-12-. The van der Waals surface area contributed by atoms with E-state index in [0.717, 1.165) is 27.1 Å². The number of aryl methyl sites for hydroxylation is 1. The van der Waals surface area contributed by atoms with Gasteiger partial charge in [0.05, 0.1) is 6.21 Å². The second kappa shape index (κ2) is 8.83. The molecule has 0 spiro atoms. The lowest BCUT2D eigenvalue weighted by Gasteiger charge is -2.09. The van der Waals surface area contributed by atoms with Crippen LogP contribution in [0.4, 0.5) is 10.1 Å². The van der Waals surface area contributed by atoms with Crippen LogP contribution in [0.5, 0.6) is 0 Å². The third-order valence-electron chi connectivity index (χ3n) is 4.21. The molecule has 8 heteroatoms. The molecule has 148 valence electrons. The van der Waals surface area contributed by atoms with Gasteiger partial charge in [0, 0.05) is 32.8 Å². The third-order valence-corrected chi connectivity index (χ3v) is 4.71. The van der Waals surface area contributed by atoms with Gasteiger partial charge in [-0.15, -0.1) is 0 Å². The van der Waals surface area contributed by atoms with Gasteiger partial charge in [0.1, 0.15) is 5.82 Å². The van der Waals surface area contributed by atoms with Gasteiger partial charge in [0.15, 0.2) is 0 Å². The number of anilines is 1. The van der Waals surface area contributed by atoms with Crippen LogP contribution >= 0.6 is 15.9 Å². The van der Waals surface area contributed by atoms with Crippen LogP contribution in [0.1, 0.15) is 17.0 Å². The molecule has 29 heavy (non-hydrogen) atoms. The van der Waals surface area contributed by atoms with E-state index in [4.69, 9.17) is 0 Å². The molecule has 3 aromatic rings. The quantitative estimate of drug-likeness (QED) is 0.352. The average Bonchev–Trinajstić information content (AvgIpc) is 2.97. The van der Waals surface area contributed by atoms with Gasteiger partial charge in [0.25, 0.3) is 0 Å². The van der Waals surface area contributed by atoms with Gasteiger partial charge >= 0.3 is 11.8 Å². The van der Waals surface area contributed by atoms with Crippen LogP contribution in [-0.2, 0) is 9.59 Å². The first-order valence-corrected chi connectivity index (χ1v) is 9.49. The first-order valence-electron chi connectivity index (χ1n) is 8.70. The number of hydrogen-bond acceptors (Lipinski definition) is 3. The molecule has 0 fully saturated rings. The van der Waals surface area contributed by atoms with Gasteiger partial charge in [-0.25, -0.2) is 9.82 Å². The first-order chi connectivity index (χ1) is 13.8. The molecule has 0 aliphatic heterocycles. The minimum absolute atomic E-state index is 0.313. The summed E-state index contributed by atoms with van der Waals surface area (Å²) in [5, 5.41) is 6.25. The van der Waals surface area contributed by atoms with Gasteiger partial charge in [-0.1, -0.05) is 22.0 Å². The Morgan fingerprint density at radius 2 is 1.79 bits per heavy atom. The predicted octanol–water partition coefficient (Wildman–Crippen LogP) is 4.08. The van der Waals surface area contributed by atoms with Gasteiger partial charge < -0.3 is 9.88 Å². The Balaban J connectivity index is 1.67. The molecule has 2 N–H and O–H groups in total. The molecule has 0 bridgehead atoms. The molecule has 0 aliphatic rings. The zero-order chi connectivity index (χ0) is 21.0. The van der Waals surface area contributed by atoms with E-state index in [1.165, 1.54) is 30.5 Å². The normalized spacial score (nSPS) is 10.9. The smallest absolute Gasteiger partial charge is 0.318 e. The fourth-order valence-corrected chi connectivity index (χ4v) is 3.25. The van der Waals surface area contributed by atoms with E-state index in [0.29, 0.717) is 5.69 Å². The van der Waals surface area contributed by atoms with Gasteiger partial charge in [-0.2, -0.15) is 5.10 Å². The monoisotopic (exact) mass is 456 g/mol. The second-order valence-electron chi connectivity index (χ2n) is 6.30. The van der Waals surface area contributed by atoms with Crippen molar-refractivity contribution in [2.75, 3.05) is 5.32 Å². The predicted molar refractivity (Wildman–Crippen MR) is 114 cm³/mol.